The molecule has 1 aromatic heterocycles. The minimum absolute atomic E-state index is 0.0646. The van der Waals surface area contributed by atoms with Crippen LogP contribution in [0.2, 0.25) is 5.02 Å². The molecule has 1 atom stereocenters. The van der Waals surface area contributed by atoms with Crippen LogP contribution in [-0.2, 0) is 0 Å². The number of halogens is 3. The van der Waals surface area contributed by atoms with E-state index in [1.54, 1.807) is 6.07 Å². The second kappa shape index (κ2) is 6.10. The third kappa shape index (κ3) is 3.07. The van der Waals surface area contributed by atoms with Crippen molar-refractivity contribution in [2.45, 2.75) is 5.38 Å². The first-order valence-electron chi connectivity index (χ1n) is 6.13. The maximum Gasteiger partial charge on any atom is 0.147 e. The molecule has 0 fully saturated rings. The van der Waals surface area contributed by atoms with Crippen molar-refractivity contribution in [2.24, 2.45) is 0 Å². The summed E-state index contributed by atoms with van der Waals surface area (Å²) in [6.45, 7) is 0. The highest BCUT2D eigenvalue weighted by molar-refractivity contribution is 7.15. The summed E-state index contributed by atoms with van der Waals surface area (Å²) < 4.78 is 13.2. The number of alkyl halides is 1. The van der Waals surface area contributed by atoms with Crippen molar-refractivity contribution in [1.82, 2.24) is 10.2 Å². The smallest absolute Gasteiger partial charge is 0.147 e. The van der Waals surface area contributed by atoms with Crippen LogP contribution in [0.15, 0.2) is 48.5 Å². The van der Waals surface area contributed by atoms with Gasteiger partial charge < -0.3 is 0 Å². The van der Waals surface area contributed by atoms with Gasteiger partial charge in [-0.15, -0.1) is 21.8 Å². The van der Waals surface area contributed by atoms with Gasteiger partial charge in [0.15, 0.2) is 0 Å². The van der Waals surface area contributed by atoms with E-state index in [4.69, 9.17) is 23.2 Å². The number of hydrogen-bond donors (Lipinski definition) is 0. The quantitative estimate of drug-likeness (QED) is 0.603. The Morgan fingerprint density at radius 2 is 1.81 bits per heavy atom. The Balaban J connectivity index is 1.91. The van der Waals surface area contributed by atoms with E-state index >= 15 is 0 Å². The third-order valence-electron chi connectivity index (χ3n) is 2.92. The maximum atomic E-state index is 13.2. The first-order chi connectivity index (χ1) is 10.1. The van der Waals surface area contributed by atoms with Crippen molar-refractivity contribution in [3.8, 4) is 10.6 Å². The van der Waals surface area contributed by atoms with Gasteiger partial charge in [0.05, 0.1) is 5.02 Å². The second-order valence-electron chi connectivity index (χ2n) is 4.35. The number of aromatic nitrogens is 2. The number of rotatable bonds is 3. The Morgan fingerprint density at radius 1 is 1.05 bits per heavy atom. The van der Waals surface area contributed by atoms with Crippen LogP contribution in [0.25, 0.3) is 10.6 Å². The predicted molar refractivity (Wildman–Crippen MR) is 84.5 cm³/mol. The van der Waals surface area contributed by atoms with Gasteiger partial charge >= 0.3 is 0 Å². The average molecular weight is 339 g/mol. The highest BCUT2D eigenvalue weighted by Gasteiger charge is 2.17. The Hall–Kier alpha value is -1.49. The fourth-order valence-corrected chi connectivity index (χ4v) is 3.20. The van der Waals surface area contributed by atoms with Crippen molar-refractivity contribution in [3.63, 3.8) is 0 Å². The van der Waals surface area contributed by atoms with Crippen LogP contribution in [0.3, 0.4) is 0 Å². The topological polar surface area (TPSA) is 25.8 Å². The molecule has 0 saturated heterocycles. The van der Waals surface area contributed by atoms with Gasteiger partial charge in [-0.1, -0.05) is 53.3 Å². The molecule has 0 aliphatic rings. The fourth-order valence-electron chi connectivity index (χ4n) is 1.85. The van der Waals surface area contributed by atoms with E-state index in [0.717, 1.165) is 11.1 Å². The molecule has 2 aromatic carbocycles. The molecule has 6 heteroatoms. The van der Waals surface area contributed by atoms with E-state index in [1.807, 2.05) is 30.3 Å². The summed E-state index contributed by atoms with van der Waals surface area (Å²) in [5.41, 5.74) is 1.68. The summed E-state index contributed by atoms with van der Waals surface area (Å²) in [6, 6.07) is 14.1. The van der Waals surface area contributed by atoms with Crippen molar-refractivity contribution >= 4 is 34.5 Å². The van der Waals surface area contributed by atoms with Gasteiger partial charge in [0.25, 0.3) is 0 Å². The predicted octanol–water partition coefficient (Wildman–Crippen LogP) is 5.33. The molecule has 3 aromatic rings. The van der Waals surface area contributed by atoms with Gasteiger partial charge in [-0.3, -0.25) is 0 Å². The molecule has 1 unspecified atom stereocenters. The molecule has 0 N–H and O–H groups in total. The van der Waals surface area contributed by atoms with E-state index in [-0.39, 0.29) is 10.4 Å². The van der Waals surface area contributed by atoms with Gasteiger partial charge in [-0.25, -0.2) is 4.39 Å². The minimum Gasteiger partial charge on any atom is -0.205 e. The van der Waals surface area contributed by atoms with E-state index in [2.05, 4.69) is 10.2 Å². The molecule has 106 valence electrons. The third-order valence-corrected chi connectivity index (χ3v) is 4.83. The number of nitrogens with zero attached hydrogens (tertiary/aromatic N) is 2. The summed E-state index contributed by atoms with van der Waals surface area (Å²) in [6.07, 6.45) is 0. The summed E-state index contributed by atoms with van der Waals surface area (Å²) in [5.74, 6) is -0.454. The number of benzene rings is 2. The molecule has 0 amide bonds. The van der Waals surface area contributed by atoms with E-state index in [1.165, 1.54) is 23.5 Å². The van der Waals surface area contributed by atoms with E-state index in [0.29, 0.717) is 10.0 Å². The Morgan fingerprint density at radius 3 is 2.52 bits per heavy atom. The molecule has 21 heavy (non-hydrogen) atoms. The Bertz CT molecular complexity index is 761. The number of hydrogen-bond acceptors (Lipinski definition) is 3. The standard InChI is InChI=1S/C15H9Cl2FN2S/c16-11-8-10(6-7-12(11)18)14-19-20-15(21-14)13(17)9-4-2-1-3-5-9/h1-8,13H. The molecular formula is C15H9Cl2FN2S. The lowest BCUT2D eigenvalue weighted by Crippen LogP contribution is -1.91. The van der Waals surface area contributed by atoms with Crippen LogP contribution in [0.4, 0.5) is 4.39 Å². The summed E-state index contributed by atoms with van der Waals surface area (Å²) in [4.78, 5) is 0. The first-order valence-corrected chi connectivity index (χ1v) is 7.76. The zero-order valence-electron chi connectivity index (χ0n) is 10.6. The van der Waals surface area contributed by atoms with E-state index in [9.17, 15) is 4.39 Å². The lowest BCUT2D eigenvalue weighted by Gasteiger charge is -2.04. The van der Waals surface area contributed by atoms with Crippen LogP contribution in [0.1, 0.15) is 15.9 Å². The van der Waals surface area contributed by atoms with Gasteiger partial charge in [-0.05, 0) is 23.8 Å². The summed E-state index contributed by atoms with van der Waals surface area (Å²) in [5, 5.41) is 9.29. The van der Waals surface area contributed by atoms with Crippen molar-refractivity contribution in [2.75, 3.05) is 0 Å². The molecule has 0 radical (unpaired) electrons. The molecule has 3 rings (SSSR count). The first kappa shape index (κ1) is 14.4. The van der Waals surface area contributed by atoms with Crippen LogP contribution in [0.5, 0.6) is 0 Å². The lowest BCUT2D eigenvalue weighted by molar-refractivity contribution is 0.628. The van der Waals surface area contributed by atoms with Crippen LogP contribution < -0.4 is 0 Å². The highest BCUT2D eigenvalue weighted by Crippen LogP contribution is 2.34. The van der Waals surface area contributed by atoms with Gasteiger partial charge in [0.2, 0.25) is 0 Å². The largest absolute Gasteiger partial charge is 0.205 e. The molecule has 0 bridgehead atoms. The molecule has 0 spiro atoms. The molecule has 2 nitrogen and oxygen atoms in total. The monoisotopic (exact) mass is 338 g/mol. The summed E-state index contributed by atoms with van der Waals surface area (Å²) in [7, 11) is 0. The van der Waals surface area contributed by atoms with Crippen LogP contribution >= 0.6 is 34.5 Å². The van der Waals surface area contributed by atoms with Crippen LogP contribution in [0, 0.1) is 5.82 Å². The fraction of sp³-hybridized carbons (Fsp3) is 0.0667. The Labute approximate surface area is 135 Å². The van der Waals surface area contributed by atoms with E-state index < -0.39 is 5.82 Å². The highest BCUT2D eigenvalue weighted by atomic mass is 35.5. The van der Waals surface area contributed by atoms with Crippen molar-refractivity contribution in [3.05, 3.63) is 69.9 Å². The summed E-state index contributed by atoms with van der Waals surface area (Å²) >= 11 is 13.6. The van der Waals surface area contributed by atoms with Crippen molar-refractivity contribution < 1.29 is 4.39 Å². The second-order valence-corrected chi connectivity index (χ2v) is 6.20. The maximum absolute atomic E-state index is 13.2. The zero-order chi connectivity index (χ0) is 14.8. The lowest BCUT2D eigenvalue weighted by atomic mass is 10.1. The average Bonchev–Trinajstić information content (AvgIpc) is 3.00. The molecule has 0 aliphatic heterocycles. The Kier molecular flexibility index (Phi) is 4.19. The normalized spacial score (nSPS) is 12.3. The van der Waals surface area contributed by atoms with Gasteiger partial charge in [0, 0.05) is 5.56 Å². The zero-order valence-corrected chi connectivity index (χ0v) is 13.0. The van der Waals surface area contributed by atoms with Crippen molar-refractivity contribution in [1.29, 1.82) is 0 Å². The van der Waals surface area contributed by atoms with Gasteiger partial charge in [-0.2, -0.15) is 0 Å². The molecule has 0 aliphatic carbocycles. The molecule has 0 saturated carbocycles. The van der Waals surface area contributed by atoms with Gasteiger partial charge in [0.1, 0.15) is 21.2 Å². The van der Waals surface area contributed by atoms with Crippen LogP contribution in [-0.4, -0.2) is 10.2 Å². The minimum atomic E-state index is -0.454. The SMILES string of the molecule is Fc1ccc(-c2nnc(C(Cl)c3ccccc3)s2)cc1Cl. The molecular weight excluding hydrogens is 330 g/mol. The molecule has 1 heterocycles.